The molecular formula is H8F6GeO2. The third-order valence-electron chi connectivity index (χ3n) is 0. The Bertz CT molecular complexity index is 18.5. The van der Waals surface area contributed by atoms with Crippen molar-refractivity contribution < 1.29 is 36.1 Å². The molecule has 0 fully saturated rings. The predicted molar refractivity (Wildman–Crippen MR) is 25.1 cm³/mol. The molecule has 0 atom stereocenters. The number of halogens is 6. The molecule has 0 radical (unpaired) electrons. The molecule has 0 saturated heterocycles. The van der Waals surface area contributed by atoms with E-state index in [1.807, 2.05) is 0 Å². The van der Waals surface area contributed by atoms with E-state index in [9.17, 15) is 0 Å². The Morgan fingerprint density at radius 1 is 0.778 bits per heavy atom. The van der Waals surface area contributed by atoms with Crippen molar-refractivity contribution in [2.45, 2.75) is 0 Å². The van der Waals surface area contributed by atoms with Gasteiger partial charge in [-0.2, -0.15) is 0 Å². The monoisotopic (exact) mass is 228 g/mol. The van der Waals surface area contributed by atoms with Crippen molar-refractivity contribution in [3.8, 4) is 0 Å². The second-order valence-electron chi connectivity index (χ2n) is 0.105. The quantitative estimate of drug-likeness (QED) is 0.451. The van der Waals surface area contributed by atoms with Crippen LogP contribution in [0.2, 0.25) is 0 Å². The standard InChI is InChI=1S/6FH.GeH2O2/c;;;;;;2-1-3/h6*1H;1-2H. The summed E-state index contributed by atoms with van der Waals surface area (Å²) in [5, 5.41) is 0. The molecule has 0 aromatic rings. The second kappa shape index (κ2) is 668. The van der Waals surface area contributed by atoms with Crippen molar-refractivity contribution in [3.05, 3.63) is 0 Å². The Morgan fingerprint density at radius 2 is 0.778 bits per heavy atom. The zero-order valence-electron chi connectivity index (χ0n) is 3.88. The van der Waals surface area contributed by atoms with Gasteiger partial charge in [0, 0.05) is 0 Å². The summed E-state index contributed by atoms with van der Waals surface area (Å²) in [6.45, 7) is 0. The number of hydrogen-bond donors (Lipinski definition) is 1. The Morgan fingerprint density at radius 3 is 0.778 bits per heavy atom. The van der Waals surface area contributed by atoms with Gasteiger partial charge in [-0.05, 0) is 0 Å². The molecule has 0 rings (SSSR count). The van der Waals surface area contributed by atoms with Crippen molar-refractivity contribution >= 4 is 15.7 Å². The zero-order valence-corrected chi connectivity index (χ0v) is 6.30. The van der Waals surface area contributed by atoms with Gasteiger partial charge >= 0.3 is 23.6 Å². The molecule has 0 heterocycles. The first-order chi connectivity index (χ1) is 1.41. The van der Waals surface area contributed by atoms with Crippen molar-refractivity contribution in [1.82, 2.24) is 0 Å². The molecule has 0 saturated carbocycles. The van der Waals surface area contributed by atoms with Crippen LogP contribution in [0.4, 0.5) is 28.2 Å². The minimum absolute atomic E-state index is 0. The summed E-state index contributed by atoms with van der Waals surface area (Å²) in [6, 6.07) is 0. The third-order valence-corrected chi connectivity index (χ3v) is 0. The predicted octanol–water partition coefficient (Wildman–Crippen LogP) is -0.409. The molecule has 2 nitrogen and oxygen atoms in total. The van der Waals surface area contributed by atoms with Crippen LogP contribution in [-0.2, 0) is 3.78 Å². The molecule has 0 spiro atoms. The summed E-state index contributed by atoms with van der Waals surface area (Å²) in [6.07, 6.45) is 0. The molecule has 0 aromatic heterocycles. The first kappa shape index (κ1) is 175. The summed E-state index contributed by atoms with van der Waals surface area (Å²) < 4.78 is 15.8. The fourth-order valence-corrected chi connectivity index (χ4v) is 0. The van der Waals surface area contributed by atoms with Gasteiger partial charge in [-0.15, -0.1) is 0 Å². The normalized spacial score (nSPS) is 1.33. The molecule has 9 heteroatoms. The van der Waals surface area contributed by atoms with E-state index >= 15 is 0 Å². The maximum absolute atomic E-state index is 8.64. The molecular weight excluding hydrogens is 219 g/mol. The molecule has 9 heavy (non-hydrogen) atoms. The van der Waals surface area contributed by atoms with E-state index in [4.69, 9.17) is 7.91 Å². The van der Waals surface area contributed by atoms with Crippen LogP contribution >= 0.6 is 0 Å². The van der Waals surface area contributed by atoms with Gasteiger partial charge in [0.1, 0.15) is 0 Å². The molecule has 0 aromatic carbocycles. The molecule has 66 valence electrons. The van der Waals surface area contributed by atoms with Crippen LogP contribution < -0.4 is 0 Å². The van der Waals surface area contributed by atoms with E-state index < -0.39 is 15.7 Å². The second-order valence-corrected chi connectivity index (χ2v) is 0.548. The van der Waals surface area contributed by atoms with Crippen molar-refractivity contribution in [2.24, 2.45) is 0 Å². The third kappa shape index (κ3) is 3290. The molecule has 0 aliphatic carbocycles. The Hall–Kier alpha value is -0.277. The Labute approximate surface area is 52.9 Å². The van der Waals surface area contributed by atoms with Crippen LogP contribution in [0.3, 0.4) is 0 Å². The summed E-state index contributed by atoms with van der Waals surface area (Å²) in [5.74, 6) is 0. The van der Waals surface area contributed by atoms with Gasteiger partial charge in [0.05, 0.1) is 0 Å². The van der Waals surface area contributed by atoms with E-state index in [0.29, 0.717) is 0 Å². The molecule has 0 bridgehead atoms. The van der Waals surface area contributed by atoms with E-state index in [1.54, 1.807) is 0 Å². The Balaban J connectivity index is -0.00000000133. The first-order valence-electron chi connectivity index (χ1n) is 0.494. The molecule has 0 unspecified atom stereocenters. The fourth-order valence-electron chi connectivity index (χ4n) is 0. The van der Waals surface area contributed by atoms with E-state index in [2.05, 4.69) is 0 Å². The summed E-state index contributed by atoms with van der Waals surface area (Å²) in [4.78, 5) is 0. The SMILES string of the molecule is F.F.F.F.F.F.[O]=[GeH][OH]. The van der Waals surface area contributed by atoms with Gasteiger partial charge in [0.2, 0.25) is 0 Å². The van der Waals surface area contributed by atoms with Gasteiger partial charge in [0.25, 0.3) is 0 Å². The average Bonchev–Trinajstić information content (AvgIpc) is 0.918. The number of hydrogen-bond acceptors (Lipinski definition) is 1. The van der Waals surface area contributed by atoms with E-state index in [0.717, 1.165) is 0 Å². The van der Waals surface area contributed by atoms with Gasteiger partial charge in [-0.25, -0.2) is 0 Å². The summed E-state index contributed by atoms with van der Waals surface area (Å²) in [5.41, 5.74) is 0. The van der Waals surface area contributed by atoms with Crippen molar-refractivity contribution in [2.75, 3.05) is 0 Å². The number of rotatable bonds is 0. The van der Waals surface area contributed by atoms with Gasteiger partial charge in [-0.3, -0.25) is 28.2 Å². The summed E-state index contributed by atoms with van der Waals surface area (Å²) in [7, 11) is 0. The molecule has 0 aliphatic rings. The molecule has 0 amide bonds. The van der Waals surface area contributed by atoms with E-state index in [1.165, 1.54) is 0 Å². The van der Waals surface area contributed by atoms with Gasteiger partial charge in [-0.1, -0.05) is 0 Å². The first-order valence-corrected chi connectivity index (χ1v) is 2.57. The Kier molecular flexibility index (Phi) is 13000. The van der Waals surface area contributed by atoms with Crippen LogP contribution in [0.1, 0.15) is 0 Å². The minimum atomic E-state index is -1.94. The van der Waals surface area contributed by atoms with Crippen molar-refractivity contribution in [3.63, 3.8) is 0 Å². The van der Waals surface area contributed by atoms with Crippen LogP contribution in [-0.4, -0.2) is 19.8 Å². The van der Waals surface area contributed by atoms with Gasteiger partial charge < -0.3 is 0 Å². The van der Waals surface area contributed by atoms with Crippen LogP contribution in [0.25, 0.3) is 0 Å². The van der Waals surface area contributed by atoms with E-state index in [-0.39, 0.29) is 28.2 Å². The summed E-state index contributed by atoms with van der Waals surface area (Å²) >= 11 is -1.94. The zero-order chi connectivity index (χ0) is 2.71. The van der Waals surface area contributed by atoms with Crippen molar-refractivity contribution in [1.29, 1.82) is 0 Å². The van der Waals surface area contributed by atoms with Crippen LogP contribution in [0, 0.1) is 0 Å². The average molecular weight is 227 g/mol. The topological polar surface area (TPSA) is 37.3 Å². The molecule has 1 N–H and O–H groups in total. The maximum atomic E-state index is 8.64. The fraction of sp³-hybridized carbons (Fsp3) is 0. The van der Waals surface area contributed by atoms with Crippen LogP contribution in [0.15, 0.2) is 0 Å². The molecule has 0 aliphatic heterocycles. The van der Waals surface area contributed by atoms with Gasteiger partial charge in [0.15, 0.2) is 0 Å². The van der Waals surface area contributed by atoms with Crippen LogP contribution in [0.5, 0.6) is 0 Å².